The fraction of sp³-hybridized carbons (Fsp3) is 0. The summed E-state index contributed by atoms with van der Waals surface area (Å²) in [6, 6.07) is 5.09. The highest BCUT2D eigenvalue weighted by Crippen LogP contribution is 2.27. The molecule has 0 amide bonds. The Morgan fingerprint density at radius 3 is 2.38 bits per heavy atom. The Bertz CT molecular complexity index is 502. The second-order valence-corrected chi connectivity index (χ2v) is 3.84. The first-order valence-electron chi connectivity index (χ1n) is 4.35. The van der Waals surface area contributed by atoms with Gasteiger partial charge in [-0.2, -0.15) is 0 Å². The third kappa shape index (κ3) is 2.53. The molecule has 0 bridgehead atoms. The van der Waals surface area contributed by atoms with E-state index in [-0.39, 0.29) is 6.01 Å². The Morgan fingerprint density at radius 1 is 1.06 bits per heavy atom. The maximum absolute atomic E-state index is 5.76. The first kappa shape index (κ1) is 11.0. The van der Waals surface area contributed by atoms with Crippen molar-refractivity contribution in [2.75, 3.05) is 5.73 Å². The third-order valence-corrected chi connectivity index (χ3v) is 2.20. The molecule has 2 N–H and O–H groups in total. The summed E-state index contributed by atoms with van der Waals surface area (Å²) in [7, 11) is 0. The lowest BCUT2D eigenvalue weighted by Crippen LogP contribution is -1.95. The number of hydrogen-bond donors (Lipinski definition) is 1. The van der Waals surface area contributed by atoms with Crippen molar-refractivity contribution >= 4 is 28.9 Å². The predicted molar refractivity (Wildman–Crippen MR) is 63.0 cm³/mol. The van der Waals surface area contributed by atoms with Gasteiger partial charge in [-0.05, 0) is 18.2 Å². The van der Waals surface area contributed by atoms with Gasteiger partial charge in [0.25, 0.3) is 0 Å². The van der Waals surface area contributed by atoms with E-state index in [1.54, 1.807) is 18.2 Å². The van der Waals surface area contributed by atoms with Gasteiger partial charge in [-0.25, -0.2) is 9.97 Å². The topological polar surface area (TPSA) is 61.0 Å². The van der Waals surface area contributed by atoms with Gasteiger partial charge < -0.3 is 10.5 Å². The lowest BCUT2D eigenvalue weighted by atomic mass is 10.3. The van der Waals surface area contributed by atoms with Gasteiger partial charge in [-0.1, -0.05) is 23.2 Å². The van der Waals surface area contributed by atoms with Crippen LogP contribution in [0.15, 0.2) is 30.6 Å². The Labute approximate surface area is 102 Å². The maximum Gasteiger partial charge on any atom is 0.322 e. The molecule has 2 rings (SSSR count). The zero-order chi connectivity index (χ0) is 11.5. The zero-order valence-electron chi connectivity index (χ0n) is 8.02. The molecule has 0 atom stereocenters. The van der Waals surface area contributed by atoms with Crippen LogP contribution in [-0.2, 0) is 0 Å². The van der Waals surface area contributed by atoms with E-state index in [9.17, 15) is 0 Å². The van der Waals surface area contributed by atoms with Gasteiger partial charge in [0, 0.05) is 5.02 Å². The van der Waals surface area contributed by atoms with Crippen molar-refractivity contribution in [1.82, 2.24) is 9.97 Å². The number of halogens is 2. The van der Waals surface area contributed by atoms with E-state index in [0.29, 0.717) is 21.5 Å². The number of benzene rings is 1. The van der Waals surface area contributed by atoms with Crippen molar-refractivity contribution in [1.29, 1.82) is 0 Å². The van der Waals surface area contributed by atoms with Gasteiger partial charge in [0.1, 0.15) is 0 Å². The van der Waals surface area contributed by atoms with E-state index in [1.807, 2.05) is 0 Å². The molecule has 6 heteroatoms. The fourth-order valence-corrected chi connectivity index (χ4v) is 1.34. The summed E-state index contributed by atoms with van der Waals surface area (Å²) >= 11 is 11.4. The molecule has 82 valence electrons. The molecule has 0 aliphatic carbocycles. The van der Waals surface area contributed by atoms with Gasteiger partial charge in [0.2, 0.25) is 0 Å². The van der Waals surface area contributed by atoms with Crippen molar-refractivity contribution in [2.45, 2.75) is 0 Å². The van der Waals surface area contributed by atoms with Crippen LogP contribution in [-0.4, -0.2) is 9.97 Å². The lowest BCUT2D eigenvalue weighted by Gasteiger charge is -2.06. The molecule has 0 saturated carbocycles. The van der Waals surface area contributed by atoms with Crippen LogP contribution < -0.4 is 10.5 Å². The smallest absolute Gasteiger partial charge is 0.322 e. The molecule has 2 aromatic rings. The van der Waals surface area contributed by atoms with Crippen molar-refractivity contribution in [3.8, 4) is 11.8 Å². The zero-order valence-corrected chi connectivity index (χ0v) is 9.53. The molecule has 0 radical (unpaired) electrons. The molecule has 0 unspecified atom stereocenters. The van der Waals surface area contributed by atoms with Crippen LogP contribution in [0.3, 0.4) is 0 Å². The van der Waals surface area contributed by atoms with E-state index in [1.165, 1.54) is 12.4 Å². The van der Waals surface area contributed by atoms with Crippen LogP contribution in [0.5, 0.6) is 11.8 Å². The normalized spacial score (nSPS) is 10.1. The summed E-state index contributed by atoms with van der Waals surface area (Å²) in [5.41, 5.74) is 6.13. The summed E-state index contributed by atoms with van der Waals surface area (Å²) in [5, 5.41) is 0.985. The maximum atomic E-state index is 5.76. The molecule has 1 heterocycles. The molecule has 0 saturated heterocycles. The number of aromatic nitrogens is 2. The number of anilines is 1. The monoisotopic (exact) mass is 255 g/mol. The first-order valence-corrected chi connectivity index (χ1v) is 5.11. The van der Waals surface area contributed by atoms with E-state index in [2.05, 4.69) is 9.97 Å². The fourth-order valence-electron chi connectivity index (χ4n) is 1.06. The largest absolute Gasteiger partial charge is 0.422 e. The van der Waals surface area contributed by atoms with Crippen molar-refractivity contribution < 1.29 is 4.74 Å². The van der Waals surface area contributed by atoms with Crippen LogP contribution in [0, 0.1) is 0 Å². The van der Waals surface area contributed by atoms with E-state index in [4.69, 9.17) is 33.7 Å². The predicted octanol–water partition coefficient (Wildman–Crippen LogP) is 3.16. The molecule has 0 fully saturated rings. The van der Waals surface area contributed by atoms with Crippen LogP contribution in [0.2, 0.25) is 10.0 Å². The van der Waals surface area contributed by atoms with Crippen molar-refractivity contribution in [3.63, 3.8) is 0 Å². The van der Waals surface area contributed by atoms with E-state index < -0.39 is 0 Å². The molecule has 0 aliphatic heterocycles. The second-order valence-electron chi connectivity index (χ2n) is 2.97. The highest BCUT2D eigenvalue weighted by atomic mass is 35.5. The quantitative estimate of drug-likeness (QED) is 0.838. The highest BCUT2D eigenvalue weighted by molar-refractivity contribution is 6.31. The van der Waals surface area contributed by atoms with Crippen LogP contribution in [0.1, 0.15) is 0 Å². The minimum atomic E-state index is 0.179. The van der Waals surface area contributed by atoms with Crippen LogP contribution >= 0.6 is 23.2 Å². The average Bonchev–Trinajstić information content (AvgIpc) is 2.25. The number of nitrogens with zero attached hydrogens (tertiary/aromatic N) is 2. The average molecular weight is 256 g/mol. The molecule has 1 aromatic heterocycles. The van der Waals surface area contributed by atoms with Gasteiger partial charge >= 0.3 is 6.01 Å². The molecular formula is C10H7Cl2N3O. The Kier molecular flexibility index (Phi) is 3.12. The van der Waals surface area contributed by atoms with Crippen LogP contribution in [0.25, 0.3) is 0 Å². The molecule has 0 spiro atoms. The molecule has 1 aromatic carbocycles. The summed E-state index contributed by atoms with van der Waals surface area (Å²) in [6.45, 7) is 0. The molecular weight excluding hydrogens is 249 g/mol. The number of nitrogen functional groups attached to an aromatic ring is 1. The van der Waals surface area contributed by atoms with Gasteiger partial charge in [0.05, 0.1) is 23.1 Å². The van der Waals surface area contributed by atoms with Gasteiger partial charge in [-0.3, -0.25) is 0 Å². The van der Waals surface area contributed by atoms with Gasteiger partial charge in [-0.15, -0.1) is 0 Å². The van der Waals surface area contributed by atoms with Crippen molar-refractivity contribution in [2.24, 2.45) is 0 Å². The summed E-state index contributed by atoms with van der Waals surface area (Å²) < 4.78 is 5.35. The highest BCUT2D eigenvalue weighted by Gasteiger charge is 2.04. The van der Waals surface area contributed by atoms with E-state index in [0.717, 1.165) is 0 Å². The Morgan fingerprint density at radius 2 is 1.75 bits per heavy atom. The standard InChI is InChI=1S/C10H7Cl2N3O/c11-6-1-2-9(8(13)3-6)16-10-14-4-7(12)5-15-10/h1-5H,13H2. The van der Waals surface area contributed by atoms with Crippen LogP contribution in [0.4, 0.5) is 5.69 Å². The first-order chi connectivity index (χ1) is 7.65. The third-order valence-electron chi connectivity index (χ3n) is 1.77. The second kappa shape index (κ2) is 4.55. The minimum absolute atomic E-state index is 0.179. The summed E-state index contributed by atoms with van der Waals surface area (Å²) in [6.07, 6.45) is 2.88. The molecule has 4 nitrogen and oxygen atoms in total. The van der Waals surface area contributed by atoms with E-state index >= 15 is 0 Å². The molecule has 0 aliphatic rings. The van der Waals surface area contributed by atoms with Gasteiger partial charge in [0.15, 0.2) is 5.75 Å². The SMILES string of the molecule is Nc1cc(Cl)ccc1Oc1ncc(Cl)cn1. The lowest BCUT2D eigenvalue weighted by molar-refractivity contribution is 0.444. The Balaban J connectivity index is 2.23. The van der Waals surface area contributed by atoms with Crippen molar-refractivity contribution in [3.05, 3.63) is 40.6 Å². The summed E-state index contributed by atoms with van der Waals surface area (Å²) in [4.78, 5) is 7.77. The number of ether oxygens (including phenoxy) is 1. The number of nitrogens with two attached hydrogens (primary N) is 1. The number of rotatable bonds is 2. The summed E-state index contributed by atoms with van der Waals surface area (Å²) in [5.74, 6) is 0.451. The molecule has 16 heavy (non-hydrogen) atoms. The Hall–Kier alpha value is -1.52. The number of hydrogen-bond acceptors (Lipinski definition) is 4. The minimum Gasteiger partial charge on any atom is -0.422 e.